The van der Waals surface area contributed by atoms with Crippen LogP contribution in [0.25, 0.3) is 0 Å². The van der Waals surface area contributed by atoms with Crippen molar-refractivity contribution in [3.05, 3.63) is 23.3 Å². The monoisotopic (exact) mass is 264 g/mol. The molecule has 0 bridgehead atoms. The smallest absolute Gasteiger partial charge is 0.244 e. The molecule has 1 amide bonds. The summed E-state index contributed by atoms with van der Waals surface area (Å²) in [6.07, 6.45) is 1.22. The summed E-state index contributed by atoms with van der Waals surface area (Å²) in [4.78, 5) is 12.3. The second kappa shape index (κ2) is 6.06. The van der Waals surface area contributed by atoms with Crippen molar-refractivity contribution in [1.82, 2.24) is 0 Å². The van der Waals surface area contributed by atoms with Crippen LogP contribution in [0.4, 0.5) is 5.69 Å². The quantitative estimate of drug-likeness (QED) is 0.859. The van der Waals surface area contributed by atoms with E-state index in [2.05, 4.69) is 5.32 Å². The van der Waals surface area contributed by atoms with E-state index in [-0.39, 0.29) is 5.91 Å². The average Bonchev–Trinajstić information content (AvgIpc) is 2.41. The predicted molar refractivity (Wildman–Crippen MR) is 78.6 cm³/mol. The van der Waals surface area contributed by atoms with Crippen molar-refractivity contribution in [2.45, 2.75) is 46.1 Å². The first kappa shape index (κ1) is 15.5. The van der Waals surface area contributed by atoms with Crippen LogP contribution in [0.2, 0.25) is 0 Å². The number of carbonyl (C=O) groups excluding carboxylic acids is 1. The summed E-state index contributed by atoms with van der Waals surface area (Å²) >= 11 is 0. The van der Waals surface area contributed by atoms with Gasteiger partial charge in [0.1, 0.15) is 5.75 Å². The van der Waals surface area contributed by atoms with E-state index in [1.165, 1.54) is 0 Å². The number of hydrogen-bond donors (Lipinski definition) is 2. The molecule has 1 aromatic carbocycles. The van der Waals surface area contributed by atoms with E-state index in [0.717, 1.165) is 22.6 Å². The van der Waals surface area contributed by atoms with Gasteiger partial charge in [-0.15, -0.1) is 0 Å². The van der Waals surface area contributed by atoms with Crippen LogP contribution in [0.1, 0.15) is 37.8 Å². The molecule has 0 aliphatic heterocycles. The van der Waals surface area contributed by atoms with Gasteiger partial charge in [-0.3, -0.25) is 4.79 Å². The number of nitrogens with two attached hydrogens (primary N) is 1. The third-order valence-electron chi connectivity index (χ3n) is 3.77. The maximum Gasteiger partial charge on any atom is 0.244 e. The summed E-state index contributed by atoms with van der Waals surface area (Å²) in [5.41, 5.74) is 8.00. The molecule has 0 aromatic heterocycles. The molecule has 0 fully saturated rings. The summed E-state index contributed by atoms with van der Waals surface area (Å²) in [7, 11) is 1.63. The van der Waals surface area contributed by atoms with Gasteiger partial charge in [-0.2, -0.15) is 0 Å². The van der Waals surface area contributed by atoms with E-state index in [0.29, 0.717) is 12.8 Å². The van der Waals surface area contributed by atoms with Crippen LogP contribution < -0.4 is 15.8 Å². The molecule has 0 aliphatic carbocycles. The Morgan fingerprint density at radius 2 is 1.89 bits per heavy atom. The van der Waals surface area contributed by atoms with Gasteiger partial charge >= 0.3 is 0 Å². The fraction of sp³-hybridized carbons (Fsp3) is 0.533. The highest BCUT2D eigenvalue weighted by Gasteiger charge is 2.30. The average molecular weight is 264 g/mol. The Morgan fingerprint density at radius 3 is 2.37 bits per heavy atom. The minimum Gasteiger partial charge on any atom is -0.496 e. The van der Waals surface area contributed by atoms with Crippen molar-refractivity contribution in [1.29, 1.82) is 0 Å². The first-order valence-corrected chi connectivity index (χ1v) is 6.64. The Hall–Kier alpha value is -1.55. The van der Waals surface area contributed by atoms with E-state index >= 15 is 0 Å². The Kier molecular flexibility index (Phi) is 4.95. The number of aryl methyl sites for hydroxylation is 1. The molecule has 0 spiro atoms. The standard InChI is InChI=1S/C15H24N2O2/c1-6-15(16,7-2)14(18)17-12-9-8-10(3)13(19-5)11(12)4/h8-9H,6-7,16H2,1-5H3,(H,17,18). The van der Waals surface area contributed by atoms with Gasteiger partial charge in [-0.25, -0.2) is 0 Å². The van der Waals surface area contributed by atoms with Gasteiger partial charge in [0.25, 0.3) is 0 Å². The first-order valence-electron chi connectivity index (χ1n) is 6.64. The Morgan fingerprint density at radius 1 is 1.32 bits per heavy atom. The number of methoxy groups -OCH3 is 1. The number of ether oxygens (including phenoxy) is 1. The number of nitrogens with one attached hydrogen (secondary N) is 1. The molecule has 106 valence electrons. The molecular weight excluding hydrogens is 240 g/mol. The molecule has 19 heavy (non-hydrogen) atoms. The fourth-order valence-corrected chi connectivity index (χ4v) is 2.09. The molecule has 1 aromatic rings. The van der Waals surface area contributed by atoms with Gasteiger partial charge in [0.2, 0.25) is 5.91 Å². The number of carbonyl (C=O) groups is 1. The van der Waals surface area contributed by atoms with Crippen molar-refractivity contribution in [3.63, 3.8) is 0 Å². The third-order valence-corrected chi connectivity index (χ3v) is 3.77. The highest BCUT2D eigenvalue weighted by molar-refractivity contribution is 5.98. The minimum atomic E-state index is -0.815. The van der Waals surface area contributed by atoms with Crippen molar-refractivity contribution in [2.24, 2.45) is 5.73 Å². The number of anilines is 1. The van der Waals surface area contributed by atoms with Gasteiger partial charge in [0.05, 0.1) is 12.6 Å². The molecule has 0 saturated heterocycles. The molecule has 0 aliphatic rings. The zero-order valence-corrected chi connectivity index (χ0v) is 12.5. The van der Waals surface area contributed by atoms with Crippen molar-refractivity contribution >= 4 is 11.6 Å². The second-order valence-electron chi connectivity index (χ2n) is 4.91. The predicted octanol–water partition coefficient (Wildman–Crippen LogP) is 2.77. The van der Waals surface area contributed by atoms with Gasteiger partial charge < -0.3 is 15.8 Å². The highest BCUT2D eigenvalue weighted by atomic mass is 16.5. The Balaban J connectivity index is 3.04. The Bertz CT molecular complexity index is 465. The van der Waals surface area contributed by atoms with Crippen LogP contribution >= 0.6 is 0 Å². The molecular formula is C15H24N2O2. The number of hydrogen-bond acceptors (Lipinski definition) is 3. The minimum absolute atomic E-state index is 0.147. The lowest BCUT2D eigenvalue weighted by Gasteiger charge is -2.26. The van der Waals surface area contributed by atoms with Crippen LogP contribution in [0.5, 0.6) is 5.75 Å². The van der Waals surface area contributed by atoms with Crippen LogP contribution in [-0.2, 0) is 4.79 Å². The van der Waals surface area contributed by atoms with E-state index < -0.39 is 5.54 Å². The summed E-state index contributed by atoms with van der Waals surface area (Å²) < 4.78 is 5.35. The molecule has 1 rings (SSSR count). The van der Waals surface area contributed by atoms with Crippen LogP contribution in [0.15, 0.2) is 12.1 Å². The molecule has 3 N–H and O–H groups in total. The van der Waals surface area contributed by atoms with E-state index in [4.69, 9.17) is 10.5 Å². The molecule has 4 nitrogen and oxygen atoms in total. The molecule has 0 unspecified atom stereocenters. The third kappa shape index (κ3) is 3.07. The summed E-state index contributed by atoms with van der Waals surface area (Å²) in [6, 6.07) is 3.81. The van der Waals surface area contributed by atoms with Crippen molar-refractivity contribution < 1.29 is 9.53 Å². The second-order valence-corrected chi connectivity index (χ2v) is 4.91. The van der Waals surface area contributed by atoms with E-state index in [9.17, 15) is 4.79 Å². The van der Waals surface area contributed by atoms with Gasteiger partial charge in [-0.05, 0) is 38.3 Å². The normalized spacial score (nSPS) is 11.3. The zero-order valence-electron chi connectivity index (χ0n) is 12.5. The maximum absolute atomic E-state index is 12.3. The van der Waals surface area contributed by atoms with Gasteiger partial charge in [-0.1, -0.05) is 19.9 Å². The SMILES string of the molecule is CCC(N)(CC)C(=O)Nc1ccc(C)c(OC)c1C. The zero-order chi connectivity index (χ0) is 14.6. The topological polar surface area (TPSA) is 64.4 Å². The lowest BCUT2D eigenvalue weighted by molar-refractivity contribution is -0.121. The molecule has 0 radical (unpaired) electrons. The lowest BCUT2D eigenvalue weighted by atomic mass is 9.93. The van der Waals surface area contributed by atoms with E-state index in [1.54, 1.807) is 7.11 Å². The maximum atomic E-state index is 12.3. The number of rotatable bonds is 5. The number of amides is 1. The first-order chi connectivity index (χ1) is 8.89. The molecule has 0 heterocycles. The van der Waals surface area contributed by atoms with Crippen LogP contribution in [0, 0.1) is 13.8 Å². The lowest BCUT2D eigenvalue weighted by Crippen LogP contribution is -2.50. The van der Waals surface area contributed by atoms with E-state index in [1.807, 2.05) is 39.8 Å². The van der Waals surface area contributed by atoms with Gasteiger partial charge in [0, 0.05) is 11.3 Å². The Labute approximate surface area is 115 Å². The molecule has 4 heteroatoms. The van der Waals surface area contributed by atoms with Crippen molar-refractivity contribution in [2.75, 3.05) is 12.4 Å². The molecule has 0 saturated carbocycles. The summed E-state index contributed by atoms with van der Waals surface area (Å²) in [6.45, 7) is 7.75. The summed E-state index contributed by atoms with van der Waals surface area (Å²) in [5.74, 6) is 0.653. The summed E-state index contributed by atoms with van der Waals surface area (Å²) in [5, 5.41) is 2.91. The fourth-order valence-electron chi connectivity index (χ4n) is 2.09. The van der Waals surface area contributed by atoms with Crippen molar-refractivity contribution in [3.8, 4) is 5.75 Å². The van der Waals surface area contributed by atoms with Gasteiger partial charge in [0.15, 0.2) is 0 Å². The molecule has 0 atom stereocenters. The number of benzene rings is 1. The van der Waals surface area contributed by atoms with Crippen LogP contribution in [0.3, 0.4) is 0 Å². The van der Waals surface area contributed by atoms with Crippen LogP contribution in [-0.4, -0.2) is 18.6 Å². The highest BCUT2D eigenvalue weighted by Crippen LogP contribution is 2.29. The largest absolute Gasteiger partial charge is 0.496 e.